The molecule has 0 bridgehead atoms. The molecule has 0 radical (unpaired) electrons. The molecule has 1 N–H and O–H groups in total. The third kappa shape index (κ3) is 3.73. The van der Waals surface area contributed by atoms with Crippen molar-refractivity contribution in [1.82, 2.24) is 24.6 Å². The summed E-state index contributed by atoms with van der Waals surface area (Å²) < 4.78 is 7.91. The van der Waals surface area contributed by atoms with Crippen LogP contribution in [0.4, 0.5) is 0 Å². The van der Waals surface area contributed by atoms with Gasteiger partial charge in [0.1, 0.15) is 0 Å². The number of hydrogen-bond acceptors (Lipinski definition) is 6. The SMILES string of the molecule is CC(NCc1cn(C)c(=O)n(C)c1=O)c1nc(C2CCCCC2)no1. The van der Waals surface area contributed by atoms with Gasteiger partial charge in [0.05, 0.1) is 6.04 Å². The summed E-state index contributed by atoms with van der Waals surface area (Å²) in [6, 6.07) is -0.174. The molecule has 8 nitrogen and oxygen atoms in total. The van der Waals surface area contributed by atoms with Gasteiger partial charge in [-0.25, -0.2) is 4.79 Å². The van der Waals surface area contributed by atoms with Crippen LogP contribution in [0.2, 0.25) is 0 Å². The van der Waals surface area contributed by atoms with E-state index >= 15 is 0 Å². The Balaban J connectivity index is 1.67. The summed E-state index contributed by atoms with van der Waals surface area (Å²) in [5.41, 5.74) is -0.115. The molecule has 2 aromatic heterocycles. The maximum absolute atomic E-state index is 12.2. The molecule has 3 rings (SSSR count). The lowest BCUT2D eigenvalue weighted by molar-refractivity contribution is 0.329. The van der Waals surface area contributed by atoms with E-state index in [0.717, 1.165) is 23.2 Å². The summed E-state index contributed by atoms with van der Waals surface area (Å²) >= 11 is 0. The zero-order valence-electron chi connectivity index (χ0n) is 15.0. The Hall–Kier alpha value is -2.22. The summed E-state index contributed by atoms with van der Waals surface area (Å²) in [5, 5.41) is 7.36. The van der Waals surface area contributed by atoms with E-state index < -0.39 is 0 Å². The highest BCUT2D eigenvalue weighted by atomic mass is 16.5. The number of nitrogens with zero attached hydrogens (tertiary/aromatic N) is 4. The summed E-state index contributed by atoms with van der Waals surface area (Å²) in [6.45, 7) is 2.24. The van der Waals surface area contributed by atoms with Gasteiger partial charge in [0.15, 0.2) is 5.82 Å². The summed E-state index contributed by atoms with van der Waals surface area (Å²) in [4.78, 5) is 28.4. The lowest BCUT2D eigenvalue weighted by Crippen LogP contribution is -2.39. The van der Waals surface area contributed by atoms with E-state index in [1.165, 1.54) is 30.9 Å². The van der Waals surface area contributed by atoms with Gasteiger partial charge < -0.3 is 14.4 Å². The number of hydrogen-bond donors (Lipinski definition) is 1. The van der Waals surface area contributed by atoms with Crippen LogP contribution >= 0.6 is 0 Å². The van der Waals surface area contributed by atoms with E-state index in [4.69, 9.17) is 4.52 Å². The molecule has 136 valence electrons. The molecule has 0 aromatic carbocycles. The molecule has 0 spiro atoms. The van der Waals surface area contributed by atoms with E-state index in [1.54, 1.807) is 13.2 Å². The number of aryl methyl sites for hydroxylation is 1. The Morgan fingerprint density at radius 2 is 2.00 bits per heavy atom. The molecule has 1 saturated carbocycles. The molecule has 1 fully saturated rings. The lowest BCUT2D eigenvalue weighted by atomic mass is 9.89. The molecule has 1 aliphatic carbocycles. The first kappa shape index (κ1) is 17.6. The van der Waals surface area contributed by atoms with Crippen LogP contribution < -0.4 is 16.6 Å². The third-order valence-electron chi connectivity index (χ3n) is 4.91. The van der Waals surface area contributed by atoms with E-state index in [1.807, 2.05) is 6.92 Å². The third-order valence-corrected chi connectivity index (χ3v) is 4.91. The van der Waals surface area contributed by atoms with Crippen molar-refractivity contribution in [3.63, 3.8) is 0 Å². The second kappa shape index (κ2) is 7.35. The Labute approximate surface area is 145 Å². The van der Waals surface area contributed by atoms with Crippen LogP contribution in [0.3, 0.4) is 0 Å². The molecule has 2 aromatic rings. The molecule has 2 heterocycles. The van der Waals surface area contributed by atoms with Crippen molar-refractivity contribution < 1.29 is 4.52 Å². The summed E-state index contributed by atoms with van der Waals surface area (Å²) in [6.07, 6.45) is 7.53. The highest BCUT2D eigenvalue weighted by molar-refractivity contribution is 5.06. The fourth-order valence-electron chi connectivity index (χ4n) is 3.30. The average Bonchev–Trinajstić information content (AvgIpc) is 3.12. The largest absolute Gasteiger partial charge is 0.338 e. The second-order valence-electron chi connectivity index (χ2n) is 6.84. The molecule has 1 aliphatic rings. The Kier molecular flexibility index (Phi) is 5.17. The minimum absolute atomic E-state index is 0.174. The van der Waals surface area contributed by atoms with Crippen molar-refractivity contribution in [3.8, 4) is 0 Å². The molecular formula is C17H25N5O3. The van der Waals surface area contributed by atoms with Gasteiger partial charge in [0.2, 0.25) is 5.89 Å². The monoisotopic (exact) mass is 347 g/mol. The Morgan fingerprint density at radius 3 is 2.72 bits per heavy atom. The van der Waals surface area contributed by atoms with Crippen molar-refractivity contribution in [2.24, 2.45) is 14.1 Å². The maximum Gasteiger partial charge on any atom is 0.330 e. The fraction of sp³-hybridized carbons (Fsp3) is 0.647. The predicted octanol–water partition coefficient (Wildman–Crippen LogP) is 1.37. The normalized spacial score (nSPS) is 16.9. The van der Waals surface area contributed by atoms with Gasteiger partial charge >= 0.3 is 5.69 Å². The van der Waals surface area contributed by atoms with Crippen molar-refractivity contribution >= 4 is 0 Å². The molecule has 1 unspecified atom stereocenters. The highest BCUT2D eigenvalue weighted by Gasteiger charge is 2.22. The molecule has 0 saturated heterocycles. The summed E-state index contributed by atoms with van der Waals surface area (Å²) in [5.74, 6) is 1.72. The number of aromatic nitrogens is 4. The molecule has 8 heteroatoms. The molecule has 1 atom stereocenters. The lowest BCUT2D eigenvalue weighted by Gasteiger charge is -2.17. The van der Waals surface area contributed by atoms with Gasteiger partial charge in [-0.15, -0.1) is 0 Å². The average molecular weight is 347 g/mol. The van der Waals surface area contributed by atoms with Crippen LogP contribution in [0.25, 0.3) is 0 Å². The van der Waals surface area contributed by atoms with Crippen LogP contribution in [-0.4, -0.2) is 19.3 Å². The van der Waals surface area contributed by atoms with Crippen LogP contribution in [0.15, 0.2) is 20.3 Å². The summed E-state index contributed by atoms with van der Waals surface area (Å²) in [7, 11) is 3.11. The first-order valence-electron chi connectivity index (χ1n) is 8.79. The first-order valence-corrected chi connectivity index (χ1v) is 8.79. The van der Waals surface area contributed by atoms with Crippen molar-refractivity contribution in [2.45, 2.75) is 57.5 Å². The topological polar surface area (TPSA) is 95.0 Å². The maximum atomic E-state index is 12.2. The van der Waals surface area contributed by atoms with Crippen LogP contribution in [0.1, 0.15) is 68.3 Å². The second-order valence-corrected chi connectivity index (χ2v) is 6.84. The predicted molar refractivity (Wildman–Crippen MR) is 92.3 cm³/mol. The number of rotatable bonds is 5. The van der Waals surface area contributed by atoms with Crippen molar-refractivity contribution in [3.05, 3.63) is 44.3 Å². The standard InChI is InChI=1S/C17H25N5O3/c1-11(15-19-14(20-25-15)12-7-5-4-6-8-12)18-9-13-10-21(2)17(24)22(3)16(13)23/h10-12,18H,4-9H2,1-3H3. The van der Waals surface area contributed by atoms with Gasteiger partial charge in [-0.1, -0.05) is 24.4 Å². The number of nitrogens with one attached hydrogen (secondary N) is 1. The fourth-order valence-corrected chi connectivity index (χ4v) is 3.30. The minimum atomic E-state index is -0.337. The van der Waals surface area contributed by atoms with Gasteiger partial charge in [0.25, 0.3) is 5.56 Å². The smallest absolute Gasteiger partial charge is 0.330 e. The molecule has 25 heavy (non-hydrogen) atoms. The van der Waals surface area contributed by atoms with Crippen molar-refractivity contribution in [1.29, 1.82) is 0 Å². The molecular weight excluding hydrogens is 322 g/mol. The zero-order valence-corrected chi connectivity index (χ0v) is 15.0. The zero-order chi connectivity index (χ0) is 18.0. The quantitative estimate of drug-likeness (QED) is 0.878. The van der Waals surface area contributed by atoms with Gasteiger partial charge in [0, 0.05) is 38.3 Å². The van der Waals surface area contributed by atoms with Gasteiger partial charge in [-0.05, 0) is 19.8 Å². The van der Waals surface area contributed by atoms with Gasteiger partial charge in [-0.2, -0.15) is 4.98 Å². The van der Waals surface area contributed by atoms with Crippen LogP contribution in [-0.2, 0) is 20.6 Å². The van der Waals surface area contributed by atoms with E-state index in [2.05, 4.69) is 15.5 Å². The molecule has 0 amide bonds. The van der Waals surface area contributed by atoms with Crippen LogP contribution in [0.5, 0.6) is 0 Å². The van der Waals surface area contributed by atoms with Crippen LogP contribution in [0, 0.1) is 0 Å². The highest BCUT2D eigenvalue weighted by Crippen LogP contribution is 2.31. The molecule has 0 aliphatic heterocycles. The Morgan fingerprint density at radius 1 is 1.28 bits per heavy atom. The van der Waals surface area contributed by atoms with Crippen molar-refractivity contribution in [2.75, 3.05) is 0 Å². The van der Waals surface area contributed by atoms with E-state index in [9.17, 15) is 9.59 Å². The minimum Gasteiger partial charge on any atom is -0.338 e. The Bertz CT molecular complexity index is 845. The van der Waals surface area contributed by atoms with Gasteiger partial charge in [-0.3, -0.25) is 9.36 Å². The van der Waals surface area contributed by atoms with E-state index in [0.29, 0.717) is 23.9 Å². The first-order chi connectivity index (χ1) is 12.0. The van der Waals surface area contributed by atoms with E-state index in [-0.39, 0.29) is 17.3 Å².